The molecule has 0 fully saturated rings. The molecule has 0 aliphatic carbocycles. The number of nitrogens with one attached hydrogen (secondary N) is 2. The Bertz CT molecular complexity index is 995. The Morgan fingerprint density at radius 3 is 2.79 bits per heavy atom. The number of anilines is 1. The number of halogens is 1. The van der Waals surface area contributed by atoms with E-state index in [0.29, 0.717) is 10.7 Å². The van der Waals surface area contributed by atoms with Gasteiger partial charge in [0.2, 0.25) is 0 Å². The summed E-state index contributed by atoms with van der Waals surface area (Å²) in [6.07, 6.45) is 1.61. The highest BCUT2D eigenvalue weighted by Gasteiger charge is 2.13. The molecule has 0 aliphatic rings. The number of aromatic amines is 1. The molecule has 0 aliphatic heterocycles. The summed E-state index contributed by atoms with van der Waals surface area (Å²) in [5, 5.41) is 13.6. The van der Waals surface area contributed by atoms with E-state index >= 15 is 0 Å². The van der Waals surface area contributed by atoms with Crippen molar-refractivity contribution in [1.82, 2.24) is 4.98 Å². The van der Waals surface area contributed by atoms with Crippen LogP contribution in [0.3, 0.4) is 0 Å². The second-order valence-electron chi connectivity index (χ2n) is 5.34. The van der Waals surface area contributed by atoms with Crippen LogP contribution in [-0.2, 0) is 4.79 Å². The van der Waals surface area contributed by atoms with Crippen molar-refractivity contribution in [2.75, 3.05) is 5.32 Å². The Morgan fingerprint density at radius 1 is 1.25 bits per heavy atom. The maximum atomic E-state index is 12.4. The number of amides is 1. The predicted molar refractivity (Wildman–Crippen MR) is 96.7 cm³/mol. The van der Waals surface area contributed by atoms with Crippen molar-refractivity contribution in [3.8, 4) is 6.07 Å². The molecule has 1 aromatic heterocycles. The van der Waals surface area contributed by atoms with E-state index in [1.165, 1.54) is 0 Å². The van der Waals surface area contributed by atoms with E-state index in [0.717, 1.165) is 22.2 Å². The van der Waals surface area contributed by atoms with Crippen LogP contribution in [0, 0.1) is 18.3 Å². The molecule has 3 aromatic rings. The molecule has 118 valence electrons. The number of nitriles is 1. The molecule has 0 bridgehead atoms. The molecule has 2 N–H and O–H groups in total. The third-order valence-corrected chi connectivity index (χ3v) is 3.91. The molecule has 0 saturated heterocycles. The maximum absolute atomic E-state index is 12.4. The van der Waals surface area contributed by atoms with Crippen molar-refractivity contribution in [2.24, 2.45) is 0 Å². The lowest BCUT2D eigenvalue weighted by molar-refractivity contribution is -0.112. The number of fused-ring (bicyclic) bond motifs is 1. The molecule has 3 rings (SSSR count). The van der Waals surface area contributed by atoms with Crippen LogP contribution in [0.2, 0.25) is 5.02 Å². The van der Waals surface area contributed by atoms with Gasteiger partial charge in [0, 0.05) is 32.9 Å². The van der Waals surface area contributed by atoms with Gasteiger partial charge in [0.15, 0.2) is 0 Å². The lowest BCUT2D eigenvalue weighted by Gasteiger charge is -2.04. The van der Waals surface area contributed by atoms with Gasteiger partial charge in [0.1, 0.15) is 11.6 Å². The zero-order valence-electron chi connectivity index (χ0n) is 12.9. The summed E-state index contributed by atoms with van der Waals surface area (Å²) in [5.74, 6) is -0.468. The van der Waals surface area contributed by atoms with Crippen molar-refractivity contribution in [3.05, 3.63) is 70.4 Å². The number of carbonyl (C=O) groups is 1. The SMILES string of the molecule is Cc1[nH]c2ccccc2c1/C=C(/C#N)C(=O)Nc1cccc(Cl)c1. The van der Waals surface area contributed by atoms with E-state index in [9.17, 15) is 10.1 Å². The smallest absolute Gasteiger partial charge is 0.266 e. The molecule has 0 spiro atoms. The first-order valence-corrected chi connectivity index (χ1v) is 7.72. The van der Waals surface area contributed by atoms with Crippen LogP contribution < -0.4 is 5.32 Å². The van der Waals surface area contributed by atoms with E-state index < -0.39 is 5.91 Å². The van der Waals surface area contributed by atoms with E-state index in [-0.39, 0.29) is 5.57 Å². The van der Waals surface area contributed by atoms with Gasteiger partial charge >= 0.3 is 0 Å². The number of H-pyrrole nitrogens is 1. The lowest BCUT2D eigenvalue weighted by Crippen LogP contribution is -2.13. The number of rotatable bonds is 3. The summed E-state index contributed by atoms with van der Waals surface area (Å²) in [6, 6.07) is 16.5. The number of carbonyl (C=O) groups excluding carboxylic acids is 1. The largest absolute Gasteiger partial charge is 0.358 e. The van der Waals surface area contributed by atoms with Crippen molar-refractivity contribution in [2.45, 2.75) is 6.92 Å². The molecule has 1 heterocycles. The van der Waals surface area contributed by atoms with Crippen molar-refractivity contribution < 1.29 is 4.79 Å². The highest BCUT2D eigenvalue weighted by molar-refractivity contribution is 6.31. The molecule has 2 aromatic carbocycles. The van der Waals surface area contributed by atoms with Crippen LogP contribution in [0.4, 0.5) is 5.69 Å². The molecular formula is C19H14ClN3O. The standard InChI is InChI=1S/C19H14ClN3O/c1-12-17(16-7-2-3-8-18(16)22-12)9-13(11-21)19(24)23-15-6-4-5-14(20)10-15/h2-10,22H,1H3,(H,23,24)/b13-9-. The fourth-order valence-corrected chi connectivity index (χ4v) is 2.73. The van der Waals surface area contributed by atoms with Gasteiger partial charge in [-0.05, 0) is 37.3 Å². The molecule has 1 amide bonds. The van der Waals surface area contributed by atoms with Gasteiger partial charge in [0.05, 0.1) is 0 Å². The van der Waals surface area contributed by atoms with Gasteiger partial charge in [-0.3, -0.25) is 4.79 Å². The zero-order chi connectivity index (χ0) is 17.1. The Hall–Kier alpha value is -3.03. The fourth-order valence-electron chi connectivity index (χ4n) is 2.54. The topological polar surface area (TPSA) is 68.7 Å². The monoisotopic (exact) mass is 335 g/mol. The number of hydrogen-bond donors (Lipinski definition) is 2. The van der Waals surface area contributed by atoms with Gasteiger partial charge in [-0.25, -0.2) is 0 Å². The maximum Gasteiger partial charge on any atom is 0.266 e. The number of aryl methyl sites for hydroxylation is 1. The molecular weight excluding hydrogens is 322 g/mol. The number of nitrogens with zero attached hydrogens (tertiary/aromatic N) is 1. The Labute approximate surface area is 144 Å². The fraction of sp³-hybridized carbons (Fsp3) is 0.0526. The summed E-state index contributed by atoms with van der Waals surface area (Å²) in [6.45, 7) is 1.91. The summed E-state index contributed by atoms with van der Waals surface area (Å²) in [5.41, 5.74) is 3.28. The van der Waals surface area contributed by atoms with Gasteiger partial charge in [-0.15, -0.1) is 0 Å². The summed E-state index contributed by atoms with van der Waals surface area (Å²) in [4.78, 5) is 15.6. The molecule has 0 radical (unpaired) electrons. The Morgan fingerprint density at radius 2 is 2.04 bits per heavy atom. The van der Waals surface area contributed by atoms with Crippen molar-refractivity contribution >= 4 is 40.2 Å². The number of para-hydroxylation sites is 1. The normalized spacial score (nSPS) is 11.3. The van der Waals surface area contributed by atoms with Crippen molar-refractivity contribution in [1.29, 1.82) is 5.26 Å². The van der Waals surface area contributed by atoms with Gasteiger partial charge in [-0.1, -0.05) is 35.9 Å². The minimum Gasteiger partial charge on any atom is -0.358 e. The summed E-state index contributed by atoms with van der Waals surface area (Å²) >= 11 is 5.91. The van der Waals surface area contributed by atoms with E-state index in [1.54, 1.807) is 30.3 Å². The third-order valence-electron chi connectivity index (χ3n) is 3.68. The van der Waals surface area contributed by atoms with E-state index in [1.807, 2.05) is 37.3 Å². The van der Waals surface area contributed by atoms with Gasteiger partial charge < -0.3 is 10.3 Å². The number of benzene rings is 2. The van der Waals surface area contributed by atoms with Crippen LogP contribution >= 0.6 is 11.6 Å². The average molecular weight is 336 g/mol. The van der Waals surface area contributed by atoms with E-state index in [2.05, 4.69) is 10.3 Å². The molecule has 0 saturated carbocycles. The van der Waals surface area contributed by atoms with Crippen molar-refractivity contribution in [3.63, 3.8) is 0 Å². The first-order chi connectivity index (χ1) is 11.6. The number of aromatic nitrogens is 1. The lowest BCUT2D eigenvalue weighted by atomic mass is 10.1. The average Bonchev–Trinajstić information content (AvgIpc) is 2.87. The third kappa shape index (κ3) is 3.17. The predicted octanol–water partition coefficient (Wildman–Crippen LogP) is 4.68. The van der Waals surface area contributed by atoms with Gasteiger partial charge in [-0.2, -0.15) is 5.26 Å². The number of hydrogen-bond acceptors (Lipinski definition) is 2. The molecule has 4 nitrogen and oxygen atoms in total. The minimum absolute atomic E-state index is 0.0304. The first kappa shape index (κ1) is 15.9. The quantitative estimate of drug-likeness (QED) is 0.539. The van der Waals surface area contributed by atoms with E-state index in [4.69, 9.17) is 11.6 Å². The second kappa shape index (κ2) is 6.61. The molecule has 0 unspecified atom stereocenters. The highest BCUT2D eigenvalue weighted by Crippen LogP contribution is 2.24. The highest BCUT2D eigenvalue weighted by atomic mass is 35.5. The molecule has 24 heavy (non-hydrogen) atoms. The Balaban J connectivity index is 1.95. The molecule has 5 heteroatoms. The molecule has 0 atom stereocenters. The van der Waals surface area contributed by atoms with Crippen LogP contribution in [0.1, 0.15) is 11.3 Å². The first-order valence-electron chi connectivity index (χ1n) is 7.34. The zero-order valence-corrected chi connectivity index (χ0v) is 13.7. The van der Waals surface area contributed by atoms with Crippen LogP contribution in [0.15, 0.2) is 54.1 Å². The van der Waals surface area contributed by atoms with Gasteiger partial charge in [0.25, 0.3) is 5.91 Å². The minimum atomic E-state index is -0.468. The van der Waals surface area contributed by atoms with Crippen LogP contribution in [0.5, 0.6) is 0 Å². The van der Waals surface area contributed by atoms with Crippen LogP contribution in [0.25, 0.3) is 17.0 Å². The second-order valence-corrected chi connectivity index (χ2v) is 5.78. The van der Waals surface area contributed by atoms with Crippen LogP contribution in [-0.4, -0.2) is 10.9 Å². The summed E-state index contributed by atoms with van der Waals surface area (Å²) < 4.78 is 0. The summed E-state index contributed by atoms with van der Waals surface area (Å²) in [7, 11) is 0. The Kier molecular flexibility index (Phi) is 4.37.